The minimum atomic E-state index is -0.235. The van der Waals surface area contributed by atoms with Crippen LogP contribution < -0.4 is 15.5 Å². The molecule has 3 N–H and O–H groups in total. The molecule has 5 heteroatoms. The van der Waals surface area contributed by atoms with E-state index in [9.17, 15) is 9.59 Å². The highest BCUT2D eigenvalue weighted by Crippen LogP contribution is 2.17. The van der Waals surface area contributed by atoms with Crippen LogP contribution in [0.25, 0.3) is 0 Å². The molecular formula is C16H24N3O2+. The van der Waals surface area contributed by atoms with Gasteiger partial charge in [0.15, 0.2) is 12.6 Å². The van der Waals surface area contributed by atoms with Gasteiger partial charge in [-0.15, -0.1) is 0 Å². The molecule has 1 saturated heterocycles. The van der Waals surface area contributed by atoms with Crippen molar-refractivity contribution in [3.8, 4) is 0 Å². The number of amides is 2. The molecule has 0 spiro atoms. The fourth-order valence-corrected chi connectivity index (χ4v) is 2.48. The van der Waals surface area contributed by atoms with Crippen molar-refractivity contribution in [3.05, 3.63) is 29.8 Å². The third-order valence-electron chi connectivity index (χ3n) is 4.01. The first kappa shape index (κ1) is 15.5. The van der Waals surface area contributed by atoms with Gasteiger partial charge in [-0.05, 0) is 30.5 Å². The second-order valence-electron chi connectivity index (χ2n) is 5.92. The third kappa shape index (κ3) is 4.04. The summed E-state index contributed by atoms with van der Waals surface area (Å²) in [6.07, 6.45) is 0. The van der Waals surface area contributed by atoms with Crippen LogP contribution in [0, 0.1) is 0 Å². The largest absolute Gasteiger partial charge is 0.346 e. The lowest BCUT2D eigenvalue weighted by atomic mass is 10.0. The van der Waals surface area contributed by atoms with E-state index in [1.165, 1.54) is 5.56 Å². The number of benzene rings is 1. The molecule has 2 rings (SSSR count). The number of quaternary nitrogens is 1. The summed E-state index contributed by atoms with van der Waals surface area (Å²) in [4.78, 5) is 24.7. The molecule has 1 unspecified atom stereocenters. The molecule has 21 heavy (non-hydrogen) atoms. The first-order valence-corrected chi connectivity index (χ1v) is 7.49. The van der Waals surface area contributed by atoms with Crippen LogP contribution in [0.5, 0.6) is 0 Å². The van der Waals surface area contributed by atoms with Gasteiger partial charge in [0, 0.05) is 5.69 Å². The highest BCUT2D eigenvalue weighted by atomic mass is 16.2. The average molecular weight is 290 g/mol. The lowest BCUT2D eigenvalue weighted by Crippen LogP contribution is -3.19. The van der Waals surface area contributed by atoms with Crippen LogP contribution in [-0.2, 0) is 9.59 Å². The molecule has 0 aliphatic carbocycles. The first-order valence-electron chi connectivity index (χ1n) is 7.49. The van der Waals surface area contributed by atoms with Crippen LogP contribution in [0.15, 0.2) is 24.3 Å². The maximum atomic E-state index is 12.3. The third-order valence-corrected chi connectivity index (χ3v) is 4.01. The Balaban J connectivity index is 1.95. The van der Waals surface area contributed by atoms with E-state index < -0.39 is 0 Å². The van der Waals surface area contributed by atoms with Crippen LogP contribution in [0.3, 0.4) is 0 Å². The molecule has 0 aromatic heterocycles. The zero-order chi connectivity index (χ0) is 15.4. The number of carbonyl (C=O) groups is 2. The molecule has 1 aromatic rings. The van der Waals surface area contributed by atoms with Crippen molar-refractivity contribution in [2.75, 3.05) is 25.0 Å². The number of hydrogen-bond donors (Lipinski definition) is 3. The predicted octanol–water partition coefficient (Wildman–Crippen LogP) is 0.152. The highest BCUT2D eigenvalue weighted by Gasteiger charge is 2.29. The van der Waals surface area contributed by atoms with Gasteiger partial charge in [-0.1, -0.05) is 26.0 Å². The highest BCUT2D eigenvalue weighted by molar-refractivity contribution is 5.93. The normalized spacial score (nSPS) is 20.0. The molecule has 0 bridgehead atoms. The van der Waals surface area contributed by atoms with E-state index in [0.717, 1.165) is 17.1 Å². The summed E-state index contributed by atoms with van der Waals surface area (Å²) in [5.41, 5.74) is 2.05. The maximum Gasteiger partial charge on any atom is 0.282 e. The monoisotopic (exact) mass is 290 g/mol. The van der Waals surface area contributed by atoms with Gasteiger partial charge < -0.3 is 15.5 Å². The second kappa shape index (κ2) is 6.72. The van der Waals surface area contributed by atoms with Crippen molar-refractivity contribution < 1.29 is 14.5 Å². The minimum absolute atomic E-state index is 0.0113. The Bertz CT molecular complexity index is 511. The van der Waals surface area contributed by atoms with Gasteiger partial charge in [0.1, 0.15) is 0 Å². The van der Waals surface area contributed by atoms with Crippen molar-refractivity contribution in [1.82, 2.24) is 5.32 Å². The van der Waals surface area contributed by atoms with E-state index in [1.54, 1.807) is 0 Å². The zero-order valence-corrected chi connectivity index (χ0v) is 12.9. The summed E-state index contributed by atoms with van der Waals surface area (Å²) in [5.74, 6) is 0.444. The van der Waals surface area contributed by atoms with Crippen molar-refractivity contribution >= 4 is 17.5 Å². The Hall–Kier alpha value is -1.88. The van der Waals surface area contributed by atoms with Crippen LogP contribution in [0.4, 0.5) is 5.69 Å². The number of hydrogen-bond acceptors (Lipinski definition) is 2. The molecule has 5 nitrogen and oxygen atoms in total. The number of carbonyl (C=O) groups excluding carboxylic acids is 2. The van der Waals surface area contributed by atoms with Gasteiger partial charge >= 0.3 is 0 Å². The van der Waals surface area contributed by atoms with Gasteiger partial charge in [0.25, 0.3) is 11.8 Å². The van der Waals surface area contributed by atoms with Crippen LogP contribution in [-0.4, -0.2) is 37.5 Å². The average Bonchev–Trinajstić information content (AvgIpc) is 2.47. The van der Waals surface area contributed by atoms with Crippen LogP contribution >= 0.6 is 0 Å². The van der Waals surface area contributed by atoms with E-state index in [4.69, 9.17) is 0 Å². The lowest BCUT2D eigenvalue weighted by Gasteiger charge is -2.28. The smallest absolute Gasteiger partial charge is 0.282 e. The summed E-state index contributed by atoms with van der Waals surface area (Å²) in [7, 11) is 0. The molecule has 114 valence electrons. The number of nitrogens with one attached hydrogen (secondary N) is 3. The lowest BCUT2D eigenvalue weighted by molar-refractivity contribution is -0.907. The van der Waals surface area contributed by atoms with Crippen molar-refractivity contribution in [3.63, 3.8) is 0 Å². The summed E-state index contributed by atoms with van der Waals surface area (Å²) >= 11 is 0. The number of anilines is 1. The fourth-order valence-electron chi connectivity index (χ4n) is 2.48. The maximum absolute atomic E-state index is 12.3. The molecule has 1 fully saturated rings. The van der Waals surface area contributed by atoms with Gasteiger partial charge in [-0.3, -0.25) is 9.59 Å². The Morgan fingerprint density at radius 1 is 1.24 bits per heavy atom. The van der Waals surface area contributed by atoms with E-state index in [1.807, 2.05) is 31.2 Å². The summed E-state index contributed by atoms with van der Waals surface area (Å²) in [6.45, 7) is 7.93. The molecule has 2 atom stereocenters. The van der Waals surface area contributed by atoms with Gasteiger partial charge in [0.05, 0.1) is 13.1 Å². The Labute approximate surface area is 125 Å². The molecule has 1 aliphatic heterocycles. The van der Waals surface area contributed by atoms with Crippen molar-refractivity contribution in [2.45, 2.75) is 32.7 Å². The van der Waals surface area contributed by atoms with E-state index in [2.05, 4.69) is 24.5 Å². The SMILES string of the molecule is CC(C)c1ccc(NC(=O)[C@H](C)[NH+]2CCNC(=O)C2)cc1. The summed E-state index contributed by atoms with van der Waals surface area (Å²) in [6, 6.07) is 7.69. The van der Waals surface area contributed by atoms with E-state index in [-0.39, 0.29) is 17.9 Å². The molecule has 1 aliphatic rings. The quantitative estimate of drug-likeness (QED) is 0.739. The Kier molecular flexibility index (Phi) is 4.96. The van der Waals surface area contributed by atoms with Crippen LogP contribution in [0.2, 0.25) is 0 Å². The Morgan fingerprint density at radius 2 is 1.90 bits per heavy atom. The summed E-state index contributed by atoms with van der Waals surface area (Å²) < 4.78 is 0. The Morgan fingerprint density at radius 3 is 2.48 bits per heavy atom. The van der Waals surface area contributed by atoms with E-state index >= 15 is 0 Å². The van der Waals surface area contributed by atoms with Crippen molar-refractivity contribution in [1.29, 1.82) is 0 Å². The van der Waals surface area contributed by atoms with Crippen molar-refractivity contribution in [2.24, 2.45) is 0 Å². The number of piperazine rings is 1. The first-order chi connectivity index (χ1) is 9.97. The van der Waals surface area contributed by atoms with Crippen LogP contribution in [0.1, 0.15) is 32.3 Å². The number of rotatable bonds is 4. The molecule has 2 amide bonds. The second-order valence-corrected chi connectivity index (χ2v) is 5.92. The molecule has 1 heterocycles. The molecule has 1 aromatic carbocycles. The van der Waals surface area contributed by atoms with Gasteiger partial charge in [0.2, 0.25) is 0 Å². The molecular weight excluding hydrogens is 266 g/mol. The fraction of sp³-hybridized carbons (Fsp3) is 0.500. The molecule has 0 radical (unpaired) electrons. The minimum Gasteiger partial charge on any atom is -0.346 e. The van der Waals surface area contributed by atoms with E-state index in [0.29, 0.717) is 19.0 Å². The predicted molar refractivity (Wildman–Crippen MR) is 82.3 cm³/mol. The zero-order valence-electron chi connectivity index (χ0n) is 12.9. The standard InChI is InChI=1S/C16H23N3O2/c1-11(2)13-4-6-14(7-5-13)18-16(21)12(3)19-9-8-17-15(20)10-19/h4-7,11-12H,8-10H2,1-3H3,(H,17,20)(H,18,21)/p+1/t12-/m0/s1. The van der Waals surface area contributed by atoms with Gasteiger partial charge in [-0.2, -0.15) is 0 Å². The van der Waals surface area contributed by atoms with Gasteiger partial charge in [-0.25, -0.2) is 0 Å². The molecule has 0 saturated carbocycles. The summed E-state index contributed by atoms with van der Waals surface area (Å²) in [5, 5.41) is 5.71. The topological polar surface area (TPSA) is 62.6 Å².